The molecule has 126 valence electrons. The summed E-state index contributed by atoms with van der Waals surface area (Å²) in [4.78, 5) is 17.7. The van der Waals surface area contributed by atoms with Crippen LogP contribution in [-0.2, 0) is 4.79 Å². The number of benzene rings is 1. The number of para-hydroxylation sites is 2. The summed E-state index contributed by atoms with van der Waals surface area (Å²) in [5.41, 5.74) is 0.656. The number of carbonyl (C=O) groups is 1. The predicted octanol–water partition coefficient (Wildman–Crippen LogP) is 2.37. The van der Waals surface area contributed by atoms with Gasteiger partial charge in [-0.2, -0.15) is 0 Å². The molecule has 24 heavy (non-hydrogen) atoms. The predicted molar refractivity (Wildman–Crippen MR) is 88.2 cm³/mol. The summed E-state index contributed by atoms with van der Waals surface area (Å²) in [5.74, 6) is 0.513. The second kappa shape index (κ2) is 7.31. The van der Waals surface area contributed by atoms with Crippen LogP contribution in [0.4, 0.5) is 0 Å². The van der Waals surface area contributed by atoms with Gasteiger partial charge in [-0.1, -0.05) is 25.1 Å². The molecular formula is C18H20N2O4. The number of aromatic nitrogens is 1. The lowest BCUT2D eigenvalue weighted by Gasteiger charge is -2.33. The molecule has 0 fully saturated rings. The Balaban J connectivity index is 1.75. The van der Waals surface area contributed by atoms with E-state index in [4.69, 9.17) is 9.47 Å². The van der Waals surface area contributed by atoms with Crippen LogP contribution >= 0.6 is 0 Å². The van der Waals surface area contributed by atoms with Gasteiger partial charge in [0.25, 0.3) is 0 Å². The summed E-state index contributed by atoms with van der Waals surface area (Å²) in [6.45, 7) is 3.36. The third-order valence-corrected chi connectivity index (χ3v) is 4.01. The molecule has 0 saturated carbocycles. The van der Waals surface area contributed by atoms with Gasteiger partial charge in [0, 0.05) is 18.9 Å². The van der Waals surface area contributed by atoms with Gasteiger partial charge in [0.1, 0.15) is 18.8 Å². The largest absolute Gasteiger partial charge is 0.486 e. The Hall–Kier alpha value is -2.60. The van der Waals surface area contributed by atoms with Crippen molar-refractivity contribution in [2.45, 2.75) is 19.1 Å². The summed E-state index contributed by atoms with van der Waals surface area (Å²) in [5, 5.41) is 9.67. The quantitative estimate of drug-likeness (QED) is 0.878. The van der Waals surface area contributed by atoms with Crippen molar-refractivity contribution in [2.24, 2.45) is 0 Å². The second-order valence-corrected chi connectivity index (χ2v) is 5.61. The number of fused-ring (bicyclic) bond motifs is 1. The first-order chi connectivity index (χ1) is 11.7. The van der Waals surface area contributed by atoms with Crippen LogP contribution in [0.3, 0.4) is 0 Å². The molecule has 3 rings (SSSR count). The molecule has 1 aromatic carbocycles. The van der Waals surface area contributed by atoms with E-state index < -0.39 is 12.0 Å². The van der Waals surface area contributed by atoms with Crippen LogP contribution in [0.5, 0.6) is 11.5 Å². The average Bonchev–Trinajstić information content (AvgIpc) is 2.61. The number of carboxylic acids is 1. The molecule has 1 aliphatic heterocycles. The molecule has 1 aromatic heterocycles. The number of pyridine rings is 1. The van der Waals surface area contributed by atoms with Crippen molar-refractivity contribution in [1.82, 2.24) is 9.88 Å². The zero-order valence-corrected chi connectivity index (χ0v) is 13.5. The second-order valence-electron chi connectivity index (χ2n) is 5.61. The average molecular weight is 328 g/mol. The van der Waals surface area contributed by atoms with Crippen LogP contribution < -0.4 is 9.47 Å². The van der Waals surface area contributed by atoms with E-state index in [1.807, 2.05) is 36.1 Å². The summed E-state index contributed by atoms with van der Waals surface area (Å²) >= 11 is 0. The molecule has 2 atom stereocenters. The zero-order valence-electron chi connectivity index (χ0n) is 13.5. The van der Waals surface area contributed by atoms with Crippen molar-refractivity contribution < 1.29 is 19.4 Å². The minimum absolute atomic E-state index is 0.224. The molecule has 0 radical (unpaired) electrons. The van der Waals surface area contributed by atoms with E-state index in [0.717, 1.165) is 5.75 Å². The lowest BCUT2D eigenvalue weighted by Crippen LogP contribution is -2.44. The number of likely N-dealkylation sites (N-methyl/N-ethyl adjacent to an activating group) is 1. The number of rotatable bonds is 6. The molecule has 0 amide bonds. The summed E-state index contributed by atoms with van der Waals surface area (Å²) in [6, 6.07) is 10.3. The van der Waals surface area contributed by atoms with E-state index in [9.17, 15) is 9.90 Å². The standard InChI is InChI=1S/C18H20N2O4/c1-2-20(17(18(21)22)13-6-5-9-19-10-13)11-14-12-23-15-7-3-4-8-16(15)24-14/h3-10,14,17H,2,11-12H2,1H3,(H,21,22). The van der Waals surface area contributed by atoms with Gasteiger partial charge in [-0.15, -0.1) is 0 Å². The van der Waals surface area contributed by atoms with Crippen LogP contribution in [0, 0.1) is 0 Å². The number of carboxylic acid groups (broad SMARTS) is 1. The third-order valence-electron chi connectivity index (χ3n) is 4.01. The molecule has 6 nitrogen and oxygen atoms in total. The molecule has 0 bridgehead atoms. The molecule has 1 N–H and O–H groups in total. The van der Waals surface area contributed by atoms with Gasteiger partial charge in [0.2, 0.25) is 0 Å². The van der Waals surface area contributed by atoms with Gasteiger partial charge >= 0.3 is 5.97 Å². The first-order valence-corrected chi connectivity index (χ1v) is 7.94. The Morgan fingerprint density at radius 2 is 2.12 bits per heavy atom. The van der Waals surface area contributed by atoms with Crippen LogP contribution in [0.25, 0.3) is 0 Å². The van der Waals surface area contributed by atoms with Crippen molar-refractivity contribution in [2.75, 3.05) is 19.7 Å². The fourth-order valence-electron chi connectivity index (χ4n) is 2.88. The van der Waals surface area contributed by atoms with E-state index in [2.05, 4.69) is 4.98 Å². The van der Waals surface area contributed by atoms with Gasteiger partial charge in [-0.3, -0.25) is 14.7 Å². The first-order valence-electron chi connectivity index (χ1n) is 7.94. The Bertz CT molecular complexity index is 692. The van der Waals surface area contributed by atoms with Crippen molar-refractivity contribution >= 4 is 5.97 Å². The van der Waals surface area contributed by atoms with E-state index in [1.54, 1.807) is 24.5 Å². The van der Waals surface area contributed by atoms with E-state index in [-0.39, 0.29) is 6.10 Å². The zero-order chi connectivity index (χ0) is 16.9. The molecule has 2 unspecified atom stereocenters. The summed E-state index contributed by atoms with van der Waals surface area (Å²) < 4.78 is 11.7. The third kappa shape index (κ3) is 3.49. The maximum Gasteiger partial charge on any atom is 0.325 e. The number of hydrogen-bond acceptors (Lipinski definition) is 5. The van der Waals surface area contributed by atoms with Gasteiger partial charge in [-0.25, -0.2) is 0 Å². The van der Waals surface area contributed by atoms with Gasteiger partial charge < -0.3 is 14.6 Å². The van der Waals surface area contributed by atoms with Crippen molar-refractivity contribution in [3.8, 4) is 11.5 Å². The minimum Gasteiger partial charge on any atom is -0.486 e. The first kappa shape index (κ1) is 16.3. The molecule has 2 aromatic rings. The summed E-state index contributed by atoms with van der Waals surface area (Å²) in [6.07, 6.45) is 3.00. The summed E-state index contributed by atoms with van der Waals surface area (Å²) in [7, 11) is 0. The van der Waals surface area contributed by atoms with Gasteiger partial charge in [0.05, 0.1) is 0 Å². The van der Waals surface area contributed by atoms with E-state index in [0.29, 0.717) is 31.0 Å². The Morgan fingerprint density at radius 1 is 1.33 bits per heavy atom. The molecule has 2 heterocycles. The normalized spacial score (nSPS) is 17.5. The molecular weight excluding hydrogens is 308 g/mol. The van der Waals surface area contributed by atoms with Crippen molar-refractivity contribution in [1.29, 1.82) is 0 Å². The van der Waals surface area contributed by atoms with Crippen LogP contribution in [0.2, 0.25) is 0 Å². The smallest absolute Gasteiger partial charge is 0.325 e. The maximum atomic E-state index is 11.8. The number of nitrogens with zero attached hydrogens (tertiary/aromatic N) is 2. The van der Waals surface area contributed by atoms with E-state index in [1.165, 1.54) is 0 Å². The Kier molecular flexibility index (Phi) is 4.96. The highest BCUT2D eigenvalue weighted by Gasteiger charge is 2.31. The molecule has 6 heteroatoms. The fourth-order valence-corrected chi connectivity index (χ4v) is 2.88. The molecule has 0 aliphatic carbocycles. The molecule has 0 spiro atoms. The number of ether oxygens (including phenoxy) is 2. The Morgan fingerprint density at radius 3 is 2.79 bits per heavy atom. The lowest BCUT2D eigenvalue weighted by atomic mass is 10.1. The monoisotopic (exact) mass is 328 g/mol. The van der Waals surface area contributed by atoms with Crippen molar-refractivity contribution in [3.63, 3.8) is 0 Å². The fraction of sp³-hybridized carbons (Fsp3) is 0.333. The number of aliphatic carboxylic acids is 1. The van der Waals surface area contributed by atoms with E-state index >= 15 is 0 Å². The van der Waals surface area contributed by atoms with Crippen LogP contribution in [0.1, 0.15) is 18.5 Å². The Labute approximate surface area is 140 Å². The van der Waals surface area contributed by atoms with Crippen LogP contribution in [0.15, 0.2) is 48.8 Å². The van der Waals surface area contributed by atoms with Gasteiger partial charge in [-0.05, 0) is 30.3 Å². The topological polar surface area (TPSA) is 71.9 Å². The van der Waals surface area contributed by atoms with Crippen molar-refractivity contribution in [3.05, 3.63) is 54.4 Å². The number of hydrogen-bond donors (Lipinski definition) is 1. The minimum atomic E-state index is -0.901. The molecule has 0 saturated heterocycles. The maximum absolute atomic E-state index is 11.8. The van der Waals surface area contributed by atoms with Crippen LogP contribution in [-0.4, -0.2) is 46.8 Å². The highest BCUT2D eigenvalue weighted by Crippen LogP contribution is 2.31. The SMILES string of the molecule is CCN(CC1COc2ccccc2O1)C(C(=O)O)c1cccnc1. The highest BCUT2D eigenvalue weighted by molar-refractivity contribution is 5.75. The molecule has 1 aliphatic rings. The highest BCUT2D eigenvalue weighted by atomic mass is 16.6. The van der Waals surface area contributed by atoms with Gasteiger partial charge in [0.15, 0.2) is 11.5 Å². The lowest BCUT2D eigenvalue weighted by molar-refractivity contribution is -0.144.